The predicted molar refractivity (Wildman–Crippen MR) is 81.3 cm³/mol. The van der Waals surface area contributed by atoms with Gasteiger partial charge < -0.3 is 10.5 Å². The molecule has 0 bridgehead atoms. The smallest absolute Gasteiger partial charge is 0.168 e. The summed E-state index contributed by atoms with van der Waals surface area (Å²) >= 11 is 0. The number of anilines is 1. The van der Waals surface area contributed by atoms with Gasteiger partial charge in [-0.05, 0) is 6.92 Å². The number of nitrogens with zero attached hydrogens (tertiary/aromatic N) is 5. The van der Waals surface area contributed by atoms with Crippen molar-refractivity contribution in [2.24, 2.45) is 0 Å². The van der Waals surface area contributed by atoms with Crippen LogP contribution in [0, 0.1) is 11.3 Å². The third-order valence-electron chi connectivity index (χ3n) is 3.35. The number of aromatic nitrogens is 4. The molecule has 2 aromatic rings. The van der Waals surface area contributed by atoms with Crippen LogP contribution in [0.25, 0.3) is 11.2 Å². The van der Waals surface area contributed by atoms with Crippen LogP contribution in [0.5, 0.6) is 0 Å². The van der Waals surface area contributed by atoms with Crippen molar-refractivity contribution in [2.45, 2.75) is 30.8 Å². The second kappa shape index (κ2) is 4.60. The lowest BCUT2D eigenvalue weighted by Gasteiger charge is -2.18. The van der Waals surface area contributed by atoms with Gasteiger partial charge in [-0.15, -0.1) is 9.24 Å². The van der Waals surface area contributed by atoms with E-state index >= 15 is 0 Å². The fourth-order valence-corrected chi connectivity index (χ4v) is 3.40. The number of nitrogens with two attached hydrogens (primary N) is 1. The molecular formula is C11H14N6OP2. The van der Waals surface area contributed by atoms with Crippen molar-refractivity contribution in [1.29, 1.82) is 5.26 Å². The standard InChI is InChI=1S/C11H14N6OP2/c1-11(3-12)2-5(19)9(18-11)17-4-14-6-7(13)15-10(20)16-8(6)17/h4-5,9H,2,19-20H2,1H3,(H2,13,15,16). The van der Waals surface area contributed by atoms with E-state index in [0.29, 0.717) is 29.0 Å². The molecule has 0 saturated carbocycles. The van der Waals surface area contributed by atoms with Gasteiger partial charge >= 0.3 is 0 Å². The highest BCUT2D eigenvalue weighted by atomic mass is 31.0. The molecule has 20 heavy (non-hydrogen) atoms. The van der Waals surface area contributed by atoms with Gasteiger partial charge in [-0.25, -0.2) is 15.0 Å². The molecular weight excluding hydrogens is 294 g/mol. The molecule has 3 heterocycles. The van der Waals surface area contributed by atoms with Gasteiger partial charge in [-0.1, -0.05) is 9.24 Å². The molecule has 3 rings (SSSR count). The molecule has 2 aromatic heterocycles. The largest absolute Gasteiger partial charge is 0.382 e. The fraction of sp³-hybridized carbons (Fsp3) is 0.455. The highest BCUT2D eigenvalue weighted by molar-refractivity contribution is 7.26. The first-order valence-electron chi connectivity index (χ1n) is 6.04. The summed E-state index contributed by atoms with van der Waals surface area (Å²) in [6, 6.07) is 2.20. The number of imidazole rings is 1. The zero-order chi connectivity index (χ0) is 14.5. The van der Waals surface area contributed by atoms with Crippen molar-refractivity contribution in [1.82, 2.24) is 19.5 Å². The van der Waals surface area contributed by atoms with Crippen LogP contribution in [-0.2, 0) is 4.74 Å². The average Bonchev–Trinajstić information content (AvgIpc) is 2.91. The maximum Gasteiger partial charge on any atom is 0.168 e. The van der Waals surface area contributed by atoms with E-state index in [1.165, 1.54) is 0 Å². The summed E-state index contributed by atoms with van der Waals surface area (Å²) in [4.78, 5) is 12.7. The van der Waals surface area contributed by atoms with Crippen molar-refractivity contribution >= 4 is 41.0 Å². The Balaban J connectivity index is 2.10. The topological polar surface area (TPSA) is 103 Å². The summed E-state index contributed by atoms with van der Waals surface area (Å²) < 4.78 is 7.68. The van der Waals surface area contributed by atoms with Crippen molar-refractivity contribution < 1.29 is 4.74 Å². The van der Waals surface area contributed by atoms with E-state index in [-0.39, 0.29) is 11.9 Å². The molecule has 104 valence electrons. The summed E-state index contributed by atoms with van der Waals surface area (Å²) in [6.45, 7) is 1.79. The lowest BCUT2D eigenvalue weighted by Crippen LogP contribution is -2.22. The molecule has 1 aliphatic heterocycles. The molecule has 2 N–H and O–H groups in total. The zero-order valence-corrected chi connectivity index (χ0v) is 13.1. The zero-order valence-electron chi connectivity index (χ0n) is 10.8. The quantitative estimate of drug-likeness (QED) is 0.763. The van der Waals surface area contributed by atoms with Gasteiger partial charge in [-0.2, -0.15) is 5.26 Å². The fourth-order valence-electron chi connectivity index (χ4n) is 2.43. The molecule has 0 aliphatic carbocycles. The Bertz CT molecular complexity index is 726. The van der Waals surface area contributed by atoms with E-state index in [1.54, 1.807) is 17.8 Å². The molecule has 1 saturated heterocycles. The van der Waals surface area contributed by atoms with Crippen LogP contribution in [-0.4, -0.2) is 30.8 Å². The van der Waals surface area contributed by atoms with E-state index in [2.05, 4.69) is 39.5 Å². The predicted octanol–water partition coefficient (Wildman–Crippen LogP) is 0.354. The number of nitriles is 1. The van der Waals surface area contributed by atoms with Gasteiger partial charge in [0, 0.05) is 12.1 Å². The molecule has 7 nitrogen and oxygen atoms in total. The molecule has 5 atom stereocenters. The van der Waals surface area contributed by atoms with Crippen LogP contribution in [0.2, 0.25) is 0 Å². The summed E-state index contributed by atoms with van der Waals surface area (Å²) in [5, 5.41) is 9.20. The van der Waals surface area contributed by atoms with Gasteiger partial charge in [0.25, 0.3) is 0 Å². The van der Waals surface area contributed by atoms with E-state index in [4.69, 9.17) is 10.5 Å². The second-order valence-electron chi connectivity index (χ2n) is 5.01. The van der Waals surface area contributed by atoms with Gasteiger partial charge in [0.15, 0.2) is 17.1 Å². The summed E-state index contributed by atoms with van der Waals surface area (Å²) in [7, 11) is 5.14. The molecule has 0 radical (unpaired) electrons. The highest BCUT2D eigenvalue weighted by Gasteiger charge is 2.43. The Kier molecular flexibility index (Phi) is 3.13. The summed E-state index contributed by atoms with van der Waals surface area (Å²) in [5.41, 5.74) is 6.80. The minimum atomic E-state index is -0.796. The van der Waals surface area contributed by atoms with Crippen LogP contribution < -0.4 is 11.3 Å². The molecule has 0 spiro atoms. The normalized spacial score (nSPS) is 29.7. The van der Waals surface area contributed by atoms with E-state index in [0.717, 1.165) is 0 Å². The van der Waals surface area contributed by atoms with Gasteiger partial charge in [-0.3, -0.25) is 4.57 Å². The molecule has 0 amide bonds. The van der Waals surface area contributed by atoms with Crippen molar-refractivity contribution in [2.75, 3.05) is 5.73 Å². The maximum atomic E-state index is 9.20. The van der Waals surface area contributed by atoms with E-state index < -0.39 is 5.60 Å². The Morgan fingerprint density at radius 3 is 3.00 bits per heavy atom. The lowest BCUT2D eigenvalue weighted by molar-refractivity contribution is -0.0252. The molecule has 0 aromatic carbocycles. The van der Waals surface area contributed by atoms with Crippen molar-refractivity contribution in [3.05, 3.63) is 6.33 Å². The SMILES string of the molecule is CC1(C#N)CC(P)C(n2cnc3c(N)nc(P)nc32)O1. The Labute approximate surface area is 120 Å². The first-order valence-corrected chi connectivity index (χ1v) is 7.28. The Morgan fingerprint density at radius 1 is 1.60 bits per heavy atom. The van der Waals surface area contributed by atoms with Crippen molar-refractivity contribution in [3.63, 3.8) is 0 Å². The summed E-state index contributed by atoms with van der Waals surface area (Å²) in [6.07, 6.45) is 1.95. The second-order valence-corrected chi connectivity index (χ2v) is 6.38. The first-order chi connectivity index (χ1) is 9.43. The number of hydrogen-bond acceptors (Lipinski definition) is 6. The third-order valence-corrected chi connectivity index (χ3v) is 4.17. The Morgan fingerprint density at radius 2 is 2.35 bits per heavy atom. The minimum Gasteiger partial charge on any atom is -0.382 e. The molecule has 5 unspecified atom stereocenters. The van der Waals surface area contributed by atoms with Crippen LogP contribution in [0.1, 0.15) is 19.6 Å². The Hall–Kier alpha value is -1.34. The average molecular weight is 308 g/mol. The molecule has 1 fully saturated rings. The highest BCUT2D eigenvalue weighted by Crippen LogP contribution is 2.41. The number of hydrogen-bond donors (Lipinski definition) is 1. The molecule has 9 heteroatoms. The first kappa shape index (κ1) is 13.6. The van der Waals surface area contributed by atoms with Gasteiger partial charge in [0.2, 0.25) is 0 Å². The maximum absolute atomic E-state index is 9.20. The monoisotopic (exact) mass is 308 g/mol. The minimum absolute atomic E-state index is 0.0983. The van der Waals surface area contributed by atoms with Crippen LogP contribution in [0.15, 0.2) is 6.33 Å². The van der Waals surface area contributed by atoms with E-state index in [9.17, 15) is 5.26 Å². The van der Waals surface area contributed by atoms with Gasteiger partial charge in [0.1, 0.15) is 17.3 Å². The van der Waals surface area contributed by atoms with Crippen LogP contribution in [0.4, 0.5) is 5.82 Å². The number of fused-ring (bicyclic) bond motifs is 1. The molecule has 1 aliphatic rings. The van der Waals surface area contributed by atoms with Crippen LogP contribution >= 0.6 is 18.5 Å². The van der Waals surface area contributed by atoms with Crippen molar-refractivity contribution in [3.8, 4) is 6.07 Å². The third kappa shape index (κ3) is 2.05. The number of ether oxygens (including phenoxy) is 1. The lowest BCUT2D eigenvalue weighted by atomic mass is 10.1. The van der Waals surface area contributed by atoms with Crippen LogP contribution in [0.3, 0.4) is 0 Å². The number of nitrogen functional groups attached to an aromatic ring is 1. The van der Waals surface area contributed by atoms with Gasteiger partial charge in [0.05, 0.1) is 12.4 Å². The summed E-state index contributed by atoms with van der Waals surface area (Å²) in [5.74, 6) is 0.333. The number of rotatable bonds is 1. The van der Waals surface area contributed by atoms with E-state index in [1.807, 2.05) is 0 Å².